The summed E-state index contributed by atoms with van der Waals surface area (Å²) in [6.07, 6.45) is 0. The zero-order valence-electron chi connectivity index (χ0n) is 6.51. The van der Waals surface area contributed by atoms with Gasteiger partial charge in [-0.05, 0) is 6.07 Å². The first-order chi connectivity index (χ1) is 6.32. The van der Waals surface area contributed by atoms with E-state index in [1.165, 1.54) is 12.1 Å². The molecule has 1 rings (SSSR count). The van der Waals surface area contributed by atoms with Crippen molar-refractivity contribution in [2.75, 3.05) is 0 Å². The molecule has 0 N–H and O–H groups in total. The lowest BCUT2D eigenvalue weighted by Crippen LogP contribution is -2.01. The van der Waals surface area contributed by atoms with Crippen LogP contribution < -0.4 is 0 Å². The summed E-state index contributed by atoms with van der Waals surface area (Å²) in [5.41, 5.74) is -0.0749. The second kappa shape index (κ2) is 4.11. The molecule has 0 atom stereocenters. The molecular formula is C7H3Cl4NO2. The lowest BCUT2D eigenvalue weighted by Gasteiger charge is -2.10. The van der Waals surface area contributed by atoms with E-state index < -0.39 is 8.72 Å². The molecule has 1 aromatic rings. The summed E-state index contributed by atoms with van der Waals surface area (Å²) in [4.78, 5) is 9.86. The summed E-state index contributed by atoms with van der Waals surface area (Å²) in [5.74, 6) is 0. The first-order valence-corrected chi connectivity index (χ1v) is 4.84. The standard InChI is InChI=1S/C7H3Cl4NO2/c8-5-2-1-4(7(9,10)11)3-6(5)12(13)14/h1-3H. The minimum atomic E-state index is -1.69. The van der Waals surface area contributed by atoms with Crippen molar-refractivity contribution in [2.45, 2.75) is 3.79 Å². The molecule has 76 valence electrons. The average molecular weight is 275 g/mol. The third-order valence-corrected chi connectivity index (χ3v) is 2.44. The van der Waals surface area contributed by atoms with Crippen LogP contribution in [0.1, 0.15) is 5.56 Å². The van der Waals surface area contributed by atoms with E-state index in [4.69, 9.17) is 46.4 Å². The van der Waals surface area contributed by atoms with E-state index in [-0.39, 0.29) is 16.3 Å². The second-order valence-electron chi connectivity index (χ2n) is 2.42. The van der Waals surface area contributed by atoms with E-state index in [9.17, 15) is 10.1 Å². The summed E-state index contributed by atoms with van der Waals surface area (Å²) < 4.78 is -1.69. The van der Waals surface area contributed by atoms with Crippen LogP contribution in [0, 0.1) is 10.1 Å². The highest BCUT2D eigenvalue weighted by Crippen LogP contribution is 2.40. The fraction of sp³-hybridized carbons (Fsp3) is 0.143. The van der Waals surface area contributed by atoms with Crippen LogP contribution in [-0.4, -0.2) is 4.92 Å². The summed E-state index contributed by atoms with van der Waals surface area (Å²) in [5, 5.41) is 10.5. The molecule has 3 nitrogen and oxygen atoms in total. The number of nitro groups is 1. The Hall–Kier alpha value is -0.220. The Kier molecular flexibility index (Phi) is 3.48. The number of benzene rings is 1. The van der Waals surface area contributed by atoms with E-state index in [0.717, 1.165) is 6.07 Å². The minimum absolute atomic E-state index is 0.00741. The van der Waals surface area contributed by atoms with Crippen molar-refractivity contribution in [3.05, 3.63) is 38.9 Å². The van der Waals surface area contributed by atoms with Crippen molar-refractivity contribution in [2.24, 2.45) is 0 Å². The van der Waals surface area contributed by atoms with Crippen molar-refractivity contribution >= 4 is 52.1 Å². The van der Waals surface area contributed by atoms with Crippen LogP contribution >= 0.6 is 46.4 Å². The maximum absolute atomic E-state index is 10.5. The third-order valence-electron chi connectivity index (χ3n) is 1.47. The Balaban J connectivity index is 3.27. The van der Waals surface area contributed by atoms with Crippen molar-refractivity contribution in [3.63, 3.8) is 0 Å². The van der Waals surface area contributed by atoms with Crippen molar-refractivity contribution < 1.29 is 4.92 Å². The van der Waals surface area contributed by atoms with E-state index in [0.29, 0.717) is 0 Å². The molecule has 1 aromatic carbocycles. The molecule has 0 saturated heterocycles. The molecule has 0 amide bonds. The molecule has 0 unspecified atom stereocenters. The zero-order valence-corrected chi connectivity index (χ0v) is 9.53. The molecule has 0 bridgehead atoms. The van der Waals surface area contributed by atoms with Crippen molar-refractivity contribution in [1.29, 1.82) is 0 Å². The van der Waals surface area contributed by atoms with Crippen LogP contribution in [0.5, 0.6) is 0 Å². The predicted octanol–water partition coefficient (Wildman–Crippen LogP) is 4.07. The molecule has 0 radical (unpaired) electrons. The van der Waals surface area contributed by atoms with Gasteiger partial charge in [-0.3, -0.25) is 10.1 Å². The summed E-state index contributed by atoms with van der Waals surface area (Å²) in [6, 6.07) is 3.87. The van der Waals surface area contributed by atoms with Gasteiger partial charge in [-0.2, -0.15) is 0 Å². The van der Waals surface area contributed by atoms with E-state index in [1.807, 2.05) is 0 Å². The Morgan fingerprint density at radius 2 is 1.86 bits per heavy atom. The van der Waals surface area contributed by atoms with Crippen LogP contribution in [0.2, 0.25) is 5.02 Å². The van der Waals surface area contributed by atoms with Gasteiger partial charge in [0.25, 0.3) is 5.69 Å². The third kappa shape index (κ3) is 2.64. The first kappa shape index (κ1) is 11.9. The number of hydrogen-bond acceptors (Lipinski definition) is 2. The second-order valence-corrected chi connectivity index (χ2v) is 5.11. The number of hydrogen-bond donors (Lipinski definition) is 0. The quantitative estimate of drug-likeness (QED) is 0.440. The fourth-order valence-electron chi connectivity index (χ4n) is 0.829. The van der Waals surface area contributed by atoms with Crippen LogP contribution in [-0.2, 0) is 3.79 Å². The summed E-state index contributed by atoms with van der Waals surface area (Å²) in [7, 11) is 0. The molecule has 0 aliphatic rings. The molecule has 7 heteroatoms. The molecule has 14 heavy (non-hydrogen) atoms. The first-order valence-electron chi connectivity index (χ1n) is 3.33. The van der Waals surface area contributed by atoms with Gasteiger partial charge in [0.1, 0.15) is 5.02 Å². The molecule has 0 aliphatic heterocycles. The smallest absolute Gasteiger partial charge is 0.258 e. The molecular weight excluding hydrogens is 272 g/mol. The van der Waals surface area contributed by atoms with Gasteiger partial charge in [-0.15, -0.1) is 0 Å². The highest BCUT2D eigenvalue weighted by atomic mass is 35.6. The van der Waals surface area contributed by atoms with Gasteiger partial charge >= 0.3 is 0 Å². The van der Waals surface area contributed by atoms with Gasteiger partial charge in [0.15, 0.2) is 0 Å². The molecule has 0 fully saturated rings. The highest BCUT2D eigenvalue weighted by Gasteiger charge is 2.26. The number of halogens is 4. The summed E-state index contributed by atoms with van der Waals surface area (Å²) >= 11 is 22.2. The number of alkyl halides is 3. The van der Waals surface area contributed by atoms with Gasteiger partial charge in [0, 0.05) is 11.6 Å². The molecule has 0 aliphatic carbocycles. The van der Waals surface area contributed by atoms with Crippen LogP contribution in [0.25, 0.3) is 0 Å². The van der Waals surface area contributed by atoms with Gasteiger partial charge in [-0.1, -0.05) is 52.5 Å². The Morgan fingerprint density at radius 1 is 1.29 bits per heavy atom. The van der Waals surface area contributed by atoms with Crippen molar-refractivity contribution in [3.8, 4) is 0 Å². The van der Waals surface area contributed by atoms with Crippen LogP contribution in [0.15, 0.2) is 18.2 Å². The molecule has 0 aromatic heterocycles. The van der Waals surface area contributed by atoms with E-state index in [1.54, 1.807) is 0 Å². The lowest BCUT2D eigenvalue weighted by atomic mass is 10.2. The highest BCUT2D eigenvalue weighted by molar-refractivity contribution is 6.66. The monoisotopic (exact) mass is 273 g/mol. The number of rotatable bonds is 1. The summed E-state index contributed by atoms with van der Waals surface area (Å²) in [6.45, 7) is 0. The van der Waals surface area contributed by atoms with E-state index in [2.05, 4.69) is 0 Å². The topological polar surface area (TPSA) is 43.1 Å². The predicted molar refractivity (Wildman–Crippen MR) is 57.3 cm³/mol. The normalized spacial score (nSPS) is 11.4. The molecule has 0 heterocycles. The average Bonchev–Trinajstić information content (AvgIpc) is 2.02. The minimum Gasteiger partial charge on any atom is -0.258 e. The van der Waals surface area contributed by atoms with Gasteiger partial charge in [0.2, 0.25) is 3.79 Å². The van der Waals surface area contributed by atoms with Gasteiger partial charge in [-0.25, -0.2) is 0 Å². The maximum Gasteiger partial charge on any atom is 0.288 e. The molecule has 0 spiro atoms. The largest absolute Gasteiger partial charge is 0.288 e. The Bertz CT molecular complexity index is 374. The zero-order chi connectivity index (χ0) is 10.9. The maximum atomic E-state index is 10.5. The van der Waals surface area contributed by atoms with Crippen LogP contribution in [0.4, 0.5) is 5.69 Å². The number of nitro benzene ring substituents is 1. The number of nitrogens with zero attached hydrogens (tertiary/aromatic N) is 1. The lowest BCUT2D eigenvalue weighted by molar-refractivity contribution is -0.384. The Labute approximate surface area is 99.7 Å². The van der Waals surface area contributed by atoms with Crippen molar-refractivity contribution in [1.82, 2.24) is 0 Å². The molecule has 0 saturated carbocycles. The van der Waals surface area contributed by atoms with E-state index >= 15 is 0 Å². The van der Waals surface area contributed by atoms with Gasteiger partial charge in [0.05, 0.1) is 4.92 Å². The van der Waals surface area contributed by atoms with Crippen LogP contribution in [0.3, 0.4) is 0 Å². The Morgan fingerprint density at radius 3 is 2.29 bits per heavy atom. The fourth-order valence-corrected chi connectivity index (χ4v) is 1.37. The SMILES string of the molecule is O=[N+]([O-])c1cc(C(Cl)(Cl)Cl)ccc1Cl. The van der Waals surface area contributed by atoms with Gasteiger partial charge < -0.3 is 0 Å².